The van der Waals surface area contributed by atoms with Crippen molar-refractivity contribution in [2.75, 3.05) is 11.9 Å². The van der Waals surface area contributed by atoms with Gasteiger partial charge in [-0.05, 0) is 19.4 Å². The Morgan fingerprint density at radius 1 is 1.37 bits per heavy atom. The van der Waals surface area contributed by atoms with E-state index in [1.54, 1.807) is 6.92 Å². The minimum absolute atomic E-state index is 0.241. The maximum absolute atomic E-state index is 10.0. The van der Waals surface area contributed by atoms with E-state index in [-0.39, 0.29) is 5.69 Å². The van der Waals surface area contributed by atoms with Crippen LogP contribution in [0, 0.1) is 11.3 Å². The lowest BCUT2D eigenvalue weighted by Crippen LogP contribution is -2.32. The van der Waals surface area contributed by atoms with Gasteiger partial charge in [0, 0.05) is 11.9 Å². The Kier molecular flexibility index (Phi) is 3.63. The second kappa shape index (κ2) is 5.21. The second-order valence-electron chi connectivity index (χ2n) is 4.76. The van der Waals surface area contributed by atoms with E-state index in [1.807, 2.05) is 37.3 Å². The van der Waals surface area contributed by atoms with Gasteiger partial charge in [-0.1, -0.05) is 25.1 Å². The van der Waals surface area contributed by atoms with Crippen molar-refractivity contribution in [1.82, 2.24) is 10.2 Å². The van der Waals surface area contributed by atoms with Gasteiger partial charge >= 0.3 is 0 Å². The zero-order valence-corrected chi connectivity index (χ0v) is 11.0. The predicted molar refractivity (Wildman–Crippen MR) is 73.7 cm³/mol. The molecule has 1 aromatic heterocycles. The standard InChI is InChI=1S/C14H16N4O/c1-3-14(2,19)9-16-13-10-6-4-5-7-11(10)17-18-12(13)8-15/h4-7,19H,3,9H2,1-2H3,(H,16,17). The number of aliphatic hydroxyl groups is 1. The third kappa shape index (κ3) is 2.80. The monoisotopic (exact) mass is 256 g/mol. The number of aromatic nitrogens is 2. The predicted octanol–water partition coefficient (Wildman–Crippen LogP) is 2.07. The van der Waals surface area contributed by atoms with E-state index in [2.05, 4.69) is 15.5 Å². The lowest BCUT2D eigenvalue weighted by molar-refractivity contribution is 0.0697. The first-order valence-corrected chi connectivity index (χ1v) is 6.19. The molecule has 5 heteroatoms. The molecule has 1 unspecified atom stereocenters. The van der Waals surface area contributed by atoms with Crippen molar-refractivity contribution in [2.45, 2.75) is 25.9 Å². The topological polar surface area (TPSA) is 81.8 Å². The van der Waals surface area contributed by atoms with Crippen LogP contribution in [-0.2, 0) is 0 Å². The molecule has 5 nitrogen and oxygen atoms in total. The summed E-state index contributed by atoms with van der Waals surface area (Å²) in [6.45, 7) is 4.02. The largest absolute Gasteiger partial charge is 0.388 e. The van der Waals surface area contributed by atoms with Crippen molar-refractivity contribution in [3.05, 3.63) is 30.0 Å². The van der Waals surface area contributed by atoms with Gasteiger partial charge in [0.2, 0.25) is 0 Å². The molecule has 0 amide bonds. The highest BCUT2D eigenvalue weighted by atomic mass is 16.3. The maximum atomic E-state index is 10.0. The Bertz CT molecular complexity index is 631. The molecule has 0 aliphatic carbocycles. The number of nitrogens with one attached hydrogen (secondary N) is 1. The van der Waals surface area contributed by atoms with Gasteiger partial charge in [-0.15, -0.1) is 10.2 Å². The third-order valence-corrected chi connectivity index (χ3v) is 3.18. The van der Waals surface area contributed by atoms with Crippen LogP contribution in [0.5, 0.6) is 0 Å². The molecular formula is C14H16N4O. The molecule has 0 fully saturated rings. The zero-order valence-electron chi connectivity index (χ0n) is 11.0. The summed E-state index contributed by atoms with van der Waals surface area (Å²) in [6, 6.07) is 9.50. The molecule has 2 rings (SSSR count). The Balaban J connectivity index is 2.43. The Labute approximate surface area is 111 Å². The van der Waals surface area contributed by atoms with Crippen LogP contribution < -0.4 is 5.32 Å². The fraction of sp³-hybridized carbons (Fsp3) is 0.357. The molecule has 1 aromatic carbocycles. The average molecular weight is 256 g/mol. The second-order valence-corrected chi connectivity index (χ2v) is 4.76. The first-order valence-electron chi connectivity index (χ1n) is 6.19. The van der Waals surface area contributed by atoms with Crippen LogP contribution in [0.3, 0.4) is 0 Å². The molecule has 1 atom stereocenters. The highest BCUT2D eigenvalue weighted by molar-refractivity contribution is 5.92. The van der Waals surface area contributed by atoms with Crippen molar-refractivity contribution >= 4 is 16.6 Å². The van der Waals surface area contributed by atoms with Crippen molar-refractivity contribution in [1.29, 1.82) is 5.26 Å². The normalized spacial score (nSPS) is 13.8. The summed E-state index contributed by atoms with van der Waals surface area (Å²) < 4.78 is 0. The molecule has 1 heterocycles. The van der Waals surface area contributed by atoms with Gasteiger partial charge in [-0.25, -0.2) is 0 Å². The van der Waals surface area contributed by atoms with E-state index in [1.165, 1.54) is 0 Å². The van der Waals surface area contributed by atoms with Gasteiger partial charge < -0.3 is 10.4 Å². The van der Waals surface area contributed by atoms with Crippen molar-refractivity contribution < 1.29 is 5.11 Å². The zero-order chi connectivity index (χ0) is 13.9. The molecule has 98 valence electrons. The van der Waals surface area contributed by atoms with E-state index in [0.717, 1.165) is 10.9 Å². The Morgan fingerprint density at radius 3 is 2.79 bits per heavy atom. The number of hydrogen-bond donors (Lipinski definition) is 2. The van der Waals surface area contributed by atoms with Gasteiger partial charge in [-0.3, -0.25) is 0 Å². The molecule has 0 bridgehead atoms. The van der Waals surface area contributed by atoms with Gasteiger partial charge in [0.15, 0.2) is 5.69 Å². The van der Waals surface area contributed by atoms with E-state index in [0.29, 0.717) is 18.7 Å². The minimum atomic E-state index is -0.822. The van der Waals surface area contributed by atoms with Crippen molar-refractivity contribution in [3.63, 3.8) is 0 Å². The summed E-state index contributed by atoms with van der Waals surface area (Å²) in [5.74, 6) is 0. The van der Waals surface area contributed by atoms with Crippen LogP contribution in [0.4, 0.5) is 5.69 Å². The van der Waals surface area contributed by atoms with Gasteiger partial charge in [0.05, 0.1) is 16.8 Å². The molecule has 2 N–H and O–H groups in total. The number of nitrogens with zero attached hydrogens (tertiary/aromatic N) is 3. The van der Waals surface area contributed by atoms with Crippen molar-refractivity contribution in [3.8, 4) is 6.07 Å². The maximum Gasteiger partial charge on any atom is 0.186 e. The smallest absolute Gasteiger partial charge is 0.186 e. The highest BCUT2D eigenvalue weighted by Crippen LogP contribution is 2.24. The van der Waals surface area contributed by atoms with Crippen LogP contribution in [0.1, 0.15) is 26.0 Å². The summed E-state index contributed by atoms with van der Waals surface area (Å²) in [6.07, 6.45) is 0.623. The summed E-state index contributed by atoms with van der Waals surface area (Å²) in [7, 11) is 0. The number of fused-ring (bicyclic) bond motifs is 1. The fourth-order valence-electron chi connectivity index (χ4n) is 1.71. The summed E-state index contributed by atoms with van der Waals surface area (Å²) >= 11 is 0. The average Bonchev–Trinajstić information content (AvgIpc) is 2.44. The molecule has 0 saturated carbocycles. The van der Waals surface area contributed by atoms with Gasteiger partial charge in [0.1, 0.15) is 6.07 Å². The summed E-state index contributed by atoms with van der Waals surface area (Å²) in [5, 5.41) is 31.0. The highest BCUT2D eigenvalue weighted by Gasteiger charge is 2.19. The van der Waals surface area contributed by atoms with Crippen molar-refractivity contribution in [2.24, 2.45) is 0 Å². The Morgan fingerprint density at radius 2 is 2.11 bits per heavy atom. The van der Waals surface area contributed by atoms with Crippen LogP contribution in [0.2, 0.25) is 0 Å². The number of nitriles is 1. The molecule has 2 aromatic rings. The SMILES string of the molecule is CCC(C)(O)CNc1c(C#N)nnc2ccccc12. The number of hydrogen-bond acceptors (Lipinski definition) is 5. The van der Waals surface area contributed by atoms with E-state index >= 15 is 0 Å². The van der Waals surface area contributed by atoms with Gasteiger partial charge in [0.25, 0.3) is 0 Å². The molecular weight excluding hydrogens is 240 g/mol. The lowest BCUT2D eigenvalue weighted by Gasteiger charge is -2.22. The first kappa shape index (κ1) is 13.2. The third-order valence-electron chi connectivity index (χ3n) is 3.18. The van der Waals surface area contributed by atoms with E-state index < -0.39 is 5.60 Å². The lowest BCUT2D eigenvalue weighted by atomic mass is 10.0. The minimum Gasteiger partial charge on any atom is -0.388 e. The Hall–Kier alpha value is -2.19. The van der Waals surface area contributed by atoms with Crippen LogP contribution in [-0.4, -0.2) is 27.4 Å². The molecule has 19 heavy (non-hydrogen) atoms. The molecule has 0 spiro atoms. The van der Waals surface area contributed by atoms with Gasteiger partial charge in [-0.2, -0.15) is 5.26 Å². The van der Waals surface area contributed by atoms with E-state index in [4.69, 9.17) is 5.26 Å². The summed E-state index contributed by atoms with van der Waals surface area (Å²) in [4.78, 5) is 0. The molecule has 0 saturated heterocycles. The van der Waals surface area contributed by atoms with E-state index in [9.17, 15) is 5.11 Å². The molecule has 0 aliphatic rings. The molecule has 0 radical (unpaired) electrons. The molecule has 0 aliphatic heterocycles. The number of rotatable bonds is 4. The summed E-state index contributed by atoms with van der Waals surface area (Å²) in [5.41, 5.74) is 0.768. The first-order chi connectivity index (χ1) is 9.07. The number of benzene rings is 1. The fourth-order valence-corrected chi connectivity index (χ4v) is 1.71. The quantitative estimate of drug-likeness (QED) is 0.875. The van der Waals surface area contributed by atoms with Crippen LogP contribution >= 0.6 is 0 Å². The van der Waals surface area contributed by atoms with Crippen LogP contribution in [0.15, 0.2) is 24.3 Å². The number of anilines is 1. The van der Waals surface area contributed by atoms with Crippen LogP contribution in [0.25, 0.3) is 10.9 Å².